The summed E-state index contributed by atoms with van der Waals surface area (Å²) < 4.78 is 11.1. The van der Waals surface area contributed by atoms with Gasteiger partial charge in [0.15, 0.2) is 0 Å². The predicted octanol–water partition coefficient (Wildman–Crippen LogP) is 5.72. The molecular formula is C27H27Cl2N3O5. The standard InChI is InChI=1S/C27H27Cl2N3O5/c1-15(2)24(31-25(33)17-9-11-21(28)22(29)13-17)26(34)32-30-14-18-10-12-23(37-18)19-7-5-6-8-20(19)27(35)36-16(3)4/h5-16,24H,1-4H3,(H,31,33)(H,32,34)/b30-14+. The molecule has 2 aromatic carbocycles. The minimum absolute atomic E-state index is 0.223. The number of hydrogen-bond donors (Lipinski definition) is 2. The first kappa shape index (κ1) is 28.0. The van der Waals surface area contributed by atoms with E-state index in [0.717, 1.165) is 0 Å². The van der Waals surface area contributed by atoms with Crippen LogP contribution >= 0.6 is 23.2 Å². The summed E-state index contributed by atoms with van der Waals surface area (Å²) in [6, 6.07) is 13.9. The molecule has 1 heterocycles. The molecule has 37 heavy (non-hydrogen) atoms. The fourth-order valence-corrected chi connectivity index (χ4v) is 3.64. The Kier molecular flexibility index (Phi) is 9.49. The topological polar surface area (TPSA) is 110 Å². The summed E-state index contributed by atoms with van der Waals surface area (Å²) in [6.45, 7) is 7.14. The molecule has 1 unspecified atom stereocenters. The maximum atomic E-state index is 12.7. The second-order valence-electron chi connectivity index (χ2n) is 8.76. The van der Waals surface area contributed by atoms with E-state index in [4.69, 9.17) is 32.4 Å². The van der Waals surface area contributed by atoms with Crippen LogP contribution < -0.4 is 10.7 Å². The van der Waals surface area contributed by atoms with Crippen LogP contribution in [0.3, 0.4) is 0 Å². The molecular weight excluding hydrogens is 517 g/mol. The molecule has 194 valence electrons. The molecule has 0 saturated carbocycles. The van der Waals surface area contributed by atoms with Gasteiger partial charge in [0, 0.05) is 11.1 Å². The van der Waals surface area contributed by atoms with Gasteiger partial charge in [-0.15, -0.1) is 0 Å². The number of amides is 2. The van der Waals surface area contributed by atoms with E-state index in [2.05, 4.69) is 15.8 Å². The first-order chi connectivity index (χ1) is 17.6. The lowest BCUT2D eigenvalue weighted by Crippen LogP contribution is -2.48. The number of esters is 1. The molecule has 0 spiro atoms. The van der Waals surface area contributed by atoms with Gasteiger partial charge in [-0.2, -0.15) is 5.10 Å². The Labute approximate surface area is 225 Å². The minimum Gasteiger partial charge on any atom is -0.459 e. The van der Waals surface area contributed by atoms with Gasteiger partial charge in [0.1, 0.15) is 17.6 Å². The van der Waals surface area contributed by atoms with Crippen molar-refractivity contribution in [1.82, 2.24) is 10.7 Å². The number of rotatable bonds is 9. The third-order valence-electron chi connectivity index (χ3n) is 5.17. The summed E-state index contributed by atoms with van der Waals surface area (Å²) in [4.78, 5) is 37.8. The molecule has 0 fully saturated rings. The van der Waals surface area contributed by atoms with Crippen molar-refractivity contribution < 1.29 is 23.5 Å². The normalized spacial score (nSPS) is 12.1. The van der Waals surface area contributed by atoms with E-state index in [9.17, 15) is 14.4 Å². The van der Waals surface area contributed by atoms with Gasteiger partial charge in [-0.3, -0.25) is 9.59 Å². The average Bonchev–Trinajstić information content (AvgIpc) is 3.32. The van der Waals surface area contributed by atoms with Crippen molar-refractivity contribution in [3.63, 3.8) is 0 Å². The second-order valence-corrected chi connectivity index (χ2v) is 9.57. The average molecular weight is 544 g/mol. The van der Waals surface area contributed by atoms with Crippen LogP contribution in [0.1, 0.15) is 54.2 Å². The maximum absolute atomic E-state index is 12.7. The lowest BCUT2D eigenvalue weighted by atomic mass is 10.0. The largest absolute Gasteiger partial charge is 0.459 e. The van der Waals surface area contributed by atoms with Crippen molar-refractivity contribution in [3.8, 4) is 11.3 Å². The first-order valence-corrected chi connectivity index (χ1v) is 12.3. The van der Waals surface area contributed by atoms with Gasteiger partial charge in [0.2, 0.25) is 0 Å². The minimum atomic E-state index is -0.856. The van der Waals surface area contributed by atoms with Crippen LogP contribution in [-0.4, -0.2) is 36.1 Å². The fraction of sp³-hybridized carbons (Fsp3) is 0.259. The van der Waals surface area contributed by atoms with Crippen LogP contribution in [-0.2, 0) is 9.53 Å². The third kappa shape index (κ3) is 7.44. The number of furan rings is 1. The monoisotopic (exact) mass is 543 g/mol. The van der Waals surface area contributed by atoms with Crippen LogP contribution in [0.2, 0.25) is 10.0 Å². The third-order valence-corrected chi connectivity index (χ3v) is 5.91. The Morgan fingerprint density at radius 2 is 1.70 bits per heavy atom. The Morgan fingerprint density at radius 3 is 2.38 bits per heavy atom. The molecule has 2 amide bonds. The molecule has 8 nitrogen and oxygen atoms in total. The van der Waals surface area contributed by atoms with Crippen molar-refractivity contribution in [1.29, 1.82) is 0 Å². The summed E-state index contributed by atoms with van der Waals surface area (Å²) in [5, 5.41) is 7.21. The molecule has 0 aliphatic rings. The smallest absolute Gasteiger partial charge is 0.339 e. The van der Waals surface area contributed by atoms with E-state index in [-0.39, 0.29) is 22.6 Å². The van der Waals surface area contributed by atoms with E-state index in [1.165, 1.54) is 24.4 Å². The van der Waals surface area contributed by atoms with Crippen molar-refractivity contribution in [3.05, 3.63) is 81.5 Å². The molecule has 3 rings (SSSR count). The lowest BCUT2D eigenvalue weighted by Gasteiger charge is -2.20. The summed E-state index contributed by atoms with van der Waals surface area (Å²) in [6.07, 6.45) is 1.07. The Bertz CT molecular complexity index is 1320. The molecule has 0 aliphatic carbocycles. The van der Waals surface area contributed by atoms with Gasteiger partial charge in [0.25, 0.3) is 11.8 Å². The number of carbonyl (C=O) groups is 3. The number of halogens is 2. The van der Waals surface area contributed by atoms with E-state index < -0.39 is 23.8 Å². The van der Waals surface area contributed by atoms with Crippen LogP contribution in [0.4, 0.5) is 0 Å². The van der Waals surface area contributed by atoms with Gasteiger partial charge in [-0.05, 0) is 56.2 Å². The first-order valence-electron chi connectivity index (χ1n) is 11.6. The highest BCUT2D eigenvalue weighted by Crippen LogP contribution is 2.26. The number of hydrogen-bond acceptors (Lipinski definition) is 6. The van der Waals surface area contributed by atoms with E-state index in [1.54, 1.807) is 64.1 Å². The fourth-order valence-electron chi connectivity index (χ4n) is 3.35. The van der Waals surface area contributed by atoms with Crippen molar-refractivity contribution in [2.75, 3.05) is 0 Å². The van der Waals surface area contributed by atoms with Crippen LogP contribution in [0.25, 0.3) is 11.3 Å². The zero-order valence-electron chi connectivity index (χ0n) is 20.7. The highest BCUT2D eigenvalue weighted by molar-refractivity contribution is 6.42. The highest BCUT2D eigenvalue weighted by atomic mass is 35.5. The molecule has 3 aromatic rings. The van der Waals surface area contributed by atoms with Crippen LogP contribution in [0.5, 0.6) is 0 Å². The number of ether oxygens (including phenoxy) is 1. The molecule has 0 aliphatic heterocycles. The van der Waals surface area contributed by atoms with E-state index in [0.29, 0.717) is 27.7 Å². The van der Waals surface area contributed by atoms with E-state index >= 15 is 0 Å². The summed E-state index contributed by atoms with van der Waals surface area (Å²) in [7, 11) is 0. The summed E-state index contributed by atoms with van der Waals surface area (Å²) >= 11 is 11.9. The second kappa shape index (κ2) is 12.6. The van der Waals surface area contributed by atoms with Crippen LogP contribution in [0, 0.1) is 5.92 Å². The summed E-state index contributed by atoms with van der Waals surface area (Å²) in [5.41, 5.74) is 3.65. The number of benzene rings is 2. The molecule has 1 aromatic heterocycles. The van der Waals surface area contributed by atoms with Gasteiger partial charge in [-0.1, -0.05) is 55.2 Å². The summed E-state index contributed by atoms with van der Waals surface area (Å²) in [5.74, 6) is -0.859. The van der Waals surface area contributed by atoms with Crippen molar-refractivity contribution in [2.45, 2.75) is 39.8 Å². The quantitative estimate of drug-likeness (QED) is 0.203. The van der Waals surface area contributed by atoms with Gasteiger partial charge < -0.3 is 14.5 Å². The lowest BCUT2D eigenvalue weighted by molar-refractivity contribution is -0.123. The molecule has 2 N–H and O–H groups in total. The Balaban J connectivity index is 1.67. The number of nitrogens with one attached hydrogen (secondary N) is 2. The van der Waals surface area contributed by atoms with Crippen molar-refractivity contribution >= 4 is 47.2 Å². The predicted molar refractivity (Wildman–Crippen MR) is 143 cm³/mol. The SMILES string of the molecule is CC(C)OC(=O)c1ccccc1-c1ccc(/C=N/NC(=O)C(NC(=O)c2ccc(Cl)c(Cl)c2)C(C)C)o1. The van der Waals surface area contributed by atoms with Gasteiger partial charge in [-0.25, -0.2) is 10.2 Å². The Hall–Kier alpha value is -3.62. The van der Waals surface area contributed by atoms with E-state index in [1.807, 2.05) is 0 Å². The maximum Gasteiger partial charge on any atom is 0.339 e. The number of carbonyl (C=O) groups excluding carboxylic acids is 3. The Morgan fingerprint density at radius 1 is 0.973 bits per heavy atom. The van der Waals surface area contributed by atoms with Crippen LogP contribution in [0.15, 0.2) is 64.1 Å². The molecule has 10 heteroatoms. The molecule has 0 saturated heterocycles. The molecule has 1 atom stereocenters. The number of nitrogens with zero attached hydrogens (tertiary/aromatic N) is 1. The molecule has 0 radical (unpaired) electrons. The highest BCUT2D eigenvalue weighted by Gasteiger charge is 2.25. The van der Waals surface area contributed by atoms with Crippen molar-refractivity contribution in [2.24, 2.45) is 11.0 Å². The van der Waals surface area contributed by atoms with Gasteiger partial charge >= 0.3 is 5.97 Å². The zero-order chi connectivity index (χ0) is 27.1. The zero-order valence-corrected chi connectivity index (χ0v) is 22.3. The number of hydrazone groups is 1. The molecule has 0 bridgehead atoms. The van der Waals surface area contributed by atoms with Gasteiger partial charge in [0.05, 0.1) is 27.9 Å².